The molecule has 0 amide bonds. The van der Waals surface area contributed by atoms with Crippen molar-refractivity contribution < 1.29 is 13.2 Å². The fourth-order valence-corrected chi connectivity index (χ4v) is 2.46. The van der Waals surface area contributed by atoms with Gasteiger partial charge in [-0.15, -0.1) is 0 Å². The molecule has 1 rings (SSSR count). The van der Waals surface area contributed by atoms with Crippen LogP contribution in [0.1, 0.15) is 51.2 Å². The van der Waals surface area contributed by atoms with Crippen molar-refractivity contribution in [3.8, 4) is 0 Å². The lowest BCUT2D eigenvalue weighted by Crippen LogP contribution is -2.31. The van der Waals surface area contributed by atoms with Crippen LogP contribution >= 0.6 is 0 Å². The summed E-state index contributed by atoms with van der Waals surface area (Å²) in [4.78, 5) is 0. The molecule has 0 saturated heterocycles. The van der Waals surface area contributed by atoms with E-state index in [-0.39, 0.29) is 0 Å². The van der Waals surface area contributed by atoms with Gasteiger partial charge in [0.15, 0.2) is 0 Å². The average Bonchev–Trinajstić information content (AvgIpc) is 2.41. The largest absolute Gasteiger partial charge is 0.416 e. The molecule has 1 N–H and O–H groups in total. The van der Waals surface area contributed by atoms with Crippen LogP contribution in [0.15, 0.2) is 24.3 Å². The summed E-state index contributed by atoms with van der Waals surface area (Å²) in [5.41, 5.74) is 0.207. The van der Waals surface area contributed by atoms with E-state index in [0.29, 0.717) is 18.4 Å². The van der Waals surface area contributed by atoms with Gasteiger partial charge in [-0.1, -0.05) is 39.0 Å². The Hall–Kier alpha value is -1.03. The topological polar surface area (TPSA) is 12.0 Å². The third-order valence-electron chi connectivity index (χ3n) is 3.47. The van der Waals surface area contributed by atoms with Crippen molar-refractivity contribution in [1.29, 1.82) is 0 Å². The van der Waals surface area contributed by atoms with Gasteiger partial charge in [0.25, 0.3) is 0 Å². The minimum atomic E-state index is -4.26. The van der Waals surface area contributed by atoms with Crippen molar-refractivity contribution in [1.82, 2.24) is 5.32 Å². The van der Waals surface area contributed by atoms with Gasteiger partial charge in [-0.3, -0.25) is 0 Å². The lowest BCUT2D eigenvalue weighted by molar-refractivity contribution is -0.137. The maximum absolute atomic E-state index is 12.7. The minimum absolute atomic E-state index is 0.375. The smallest absolute Gasteiger partial charge is 0.314 e. The van der Waals surface area contributed by atoms with Crippen molar-refractivity contribution in [3.63, 3.8) is 0 Å². The van der Waals surface area contributed by atoms with Crippen LogP contribution in [0.4, 0.5) is 13.2 Å². The molecular weight excluding hydrogens is 275 g/mol. The van der Waals surface area contributed by atoms with Crippen molar-refractivity contribution in [3.05, 3.63) is 35.4 Å². The van der Waals surface area contributed by atoms with Gasteiger partial charge in [0.05, 0.1) is 5.56 Å². The summed E-state index contributed by atoms with van der Waals surface area (Å²) < 4.78 is 38.1. The highest BCUT2D eigenvalue weighted by molar-refractivity contribution is 5.25. The van der Waals surface area contributed by atoms with Crippen molar-refractivity contribution >= 4 is 0 Å². The van der Waals surface area contributed by atoms with Crippen LogP contribution in [0.5, 0.6) is 0 Å². The molecule has 21 heavy (non-hydrogen) atoms. The molecule has 0 aliphatic rings. The zero-order valence-corrected chi connectivity index (χ0v) is 13.1. The summed E-state index contributed by atoms with van der Waals surface area (Å²) in [5, 5.41) is 3.49. The number of benzene rings is 1. The highest BCUT2D eigenvalue weighted by Gasteiger charge is 2.30. The van der Waals surface area contributed by atoms with E-state index >= 15 is 0 Å². The first-order valence-corrected chi connectivity index (χ1v) is 7.72. The van der Waals surface area contributed by atoms with E-state index in [1.807, 2.05) is 0 Å². The molecule has 1 aromatic carbocycles. The van der Waals surface area contributed by atoms with Crippen molar-refractivity contribution in [2.75, 3.05) is 6.54 Å². The minimum Gasteiger partial charge on any atom is -0.314 e. The van der Waals surface area contributed by atoms with Gasteiger partial charge in [0.1, 0.15) is 0 Å². The number of hydrogen-bond donors (Lipinski definition) is 1. The molecule has 1 unspecified atom stereocenters. The van der Waals surface area contributed by atoms with Gasteiger partial charge in [0, 0.05) is 6.04 Å². The van der Waals surface area contributed by atoms with Gasteiger partial charge in [-0.2, -0.15) is 13.2 Å². The van der Waals surface area contributed by atoms with E-state index < -0.39 is 11.7 Å². The number of halogens is 3. The Morgan fingerprint density at radius 2 is 1.90 bits per heavy atom. The van der Waals surface area contributed by atoms with E-state index in [9.17, 15) is 13.2 Å². The zero-order chi connectivity index (χ0) is 15.9. The summed E-state index contributed by atoms with van der Waals surface area (Å²) in [6.07, 6.45) is -0.581. The SMILES string of the molecule is CCCNC(CCc1cccc(C(F)(F)F)c1)CC(C)C. The van der Waals surface area contributed by atoms with Gasteiger partial charge >= 0.3 is 6.18 Å². The summed E-state index contributed by atoms with van der Waals surface area (Å²) in [6.45, 7) is 7.42. The number of aryl methyl sites for hydroxylation is 1. The second-order valence-corrected chi connectivity index (χ2v) is 6.02. The van der Waals surface area contributed by atoms with E-state index in [2.05, 4.69) is 26.1 Å². The number of rotatable bonds is 8. The quantitative estimate of drug-likeness (QED) is 0.708. The third kappa shape index (κ3) is 6.98. The summed E-state index contributed by atoms with van der Waals surface area (Å²) in [7, 11) is 0. The normalized spacial score (nSPS) is 13.7. The first kappa shape index (κ1) is 18.0. The lowest BCUT2D eigenvalue weighted by atomic mass is 9.96. The van der Waals surface area contributed by atoms with E-state index in [4.69, 9.17) is 0 Å². The van der Waals surface area contributed by atoms with Crippen LogP contribution in [-0.2, 0) is 12.6 Å². The van der Waals surface area contributed by atoms with Crippen LogP contribution in [0.2, 0.25) is 0 Å². The van der Waals surface area contributed by atoms with Crippen LogP contribution in [0.3, 0.4) is 0 Å². The second-order valence-electron chi connectivity index (χ2n) is 6.02. The second kappa shape index (κ2) is 8.42. The molecular formula is C17H26F3N. The lowest BCUT2D eigenvalue weighted by Gasteiger charge is -2.20. The van der Waals surface area contributed by atoms with Gasteiger partial charge in [-0.25, -0.2) is 0 Å². The first-order chi connectivity index (χ1) is 9.82. The maximum Gasteiger partial charge on any atom is 0.416 e. The van der Waals surface area contributed by atoms with Crippen LogP contribution < -0.4 is 5.32 Å². The molecule has 0 aromatic heterocycles. The van der Waals surface area contributed by atoms with E-state index in [1.54, 1.807) is 6.07 Å². The molecule has 120 valence electrons. The molecule has 0 heterocycles. The molecule has 0 bridgehead atoms. The molecule has 1 atom stereocenters. The Bertz CT molecular complexity index is 413. The highest BCUT2D eigenvalue weighted by Crippen LogP contribution is 2.29. The number of hydrogen-bond acceptors (Lipinski definition) is 1. The van der Waals surface area contributed by atoms with Crippen LogP contribution in [0.25, 0.3) is 0 Å². The Balaban J connectivity index is 2.62. The van der Waals surface area contributed by atoms with Crippen molar-refractivity contribution in [2.45, 2.75) is 58.7 Å². The molecule has 0 radical (unpaired) electrons. The summed E-state index contributed by atoms with van der Waals surface area (Å²) in [5.74, 6) is 0.584. The standard InChI is InChI=1S/C17H26F3N/c1-4-10-21-16(11-13(2)3)9-8-14-6-5-7-15(12-14)17(18,19)20/h5-7,12-13,16,21H,4,8-11H2,1-3H3. The Morgan fingerprint density at radius 3 is 2.48 bits per heavy atom. The Kier molecular flexibility index (Phi) is 7.23. The highest BCUT2D eigenvalue weighted by atomic mass is 19.4. The fraction of sp³-hybridized carbons (Fsp3) is 0.647. The molecule has 0 aliphatic heterocycles. The maximum atomic E-state index is 12.7. The first-order valence-electron chi connectivity index (χ1n) is 7.72. The zero-order valence-electron chi connectivity index (χ0n) is 13.1. The predicted octanol–water partition coefficient (Wildman–Crippen LogP) is 5.05. The summed E-state index contributed by atoms with van der Waals surface area (Å²) >= 11 is 0. The van der Waals surface area contributed by atoms with E-state index in [1.165, 1.54) is 12.1 Å². The van der Waals surface area contributed by atoms with Gasteiger partial charge in [0.2, 0.25) is 0 Å². The molecule has 4 heteroatoms. The van der Waals surface area contributed by atoms with Crippen molar-refractivity contribution in [2.24, 2.45) is 5.92 Å². The van der Waals surface area contributed by atoms with Crippen LogP contribution in [-0.4, -0.2) is 12.6 Å². The molecule has 0 spiro atoms. The molecule has 0 saturated carbocycles. The molecule has 1 aromatic rings. The Morgan fingerprint density at radius 1 is 1.19 bits per heavy atom. The number of alkyl halides is 3. The van der Waals surface area contributed by atoms with Gasteiger partial charge < -0.3 is 5.32 Å². The van der Waals surface area contributed by atoms with E-state index in [0.717, 1.165) is 37.4 Å². The van der Waals surface area contributed by atoms with Gasteiger partial charge in [-0.05, 0) is 49.8 Å². The predicted molar refractivity (Wildman–Crippen MR) is 81.3 cm³/mol. The van der Waals surface area contributed by atoms with Crippen LogP contribution in [0, 0.1) is 5.92 Å². The molecule has 1 nitrogen and oxygen atoms in total. The average molecular weight is 301 g/mol. The number of nitrogens with one attached hydrogen (secondary N) is 1. The molecule has 0 fully saturated rings. The third-order valence-corrected chi connectivity index (χ3v) is 3.47. The monoisotopic (exact) mass is 301 g/mol. The Labute approximate surface area is 125 Å². The summed E-state index contributed by atoms with van der Waals surface area (Å²) in [6, 6.07) is 6.05. The fourth-order valence-electron chi connectivity index (χ4n) is 2.46. The molecule has 0 aliphatic carbocycles.